The van der Waals surface area contributed by atoms with Gasteiger partial charge < -0.3 is 13.7 Å². The predicted octanol–water partition coefficient (Wildman–Crippen LogP) is 13.1. The van der Waals surface area contributed by atoms with Crippen molar-refractivity contribution < 1.29 is 0 Å². The maximum absolute atomic E-state index is 2.44. The molecule has 0 spiro atoms. The molecule has 246 valence electrons. The standard InChI is InChI=1S/C48H39N3/c1-4-49-43-16-10-7-13-36(43)40-28-32(20-24-46(40)49)31-19-23-35(33-21-25-47-41(29-33)37-14-8-11-17-44(37)50(47)5-2)39(27-31)34-22-26-48-42(30-34)38-15-9-12-18-45(38)51(48)6-3/h7-30H,4-6H2,1-3H3. The highest BCUT2D eigenvalue weighted by atomic mass is 15.0. The first-order chi connectivity index (χ1) is 25.2. The largest absolute Gasteiger partial charge is 0.341 e. The zero-order valence-electron chi connectivity index (χ0n) is 29.3. The number of aryl methyl sites for hydroxylation is 3. The van der Waals surface area contributed by atoms with E-state index in [2.05, 4.69) is 180 Å². The van der Waals surface area contributed by atoms with Crippen LogP contribution in [-0.2, 0) is 19.6 Å². The highest BCUT2D eigenvalue weighted by molar-refractivity contribution is 6.12. The summed E-state index contributed by atoms with van der Waals surface area (Å²) in [7, 11) is 0. The number of aromatic nitrogens is 3. The van der Waals surface area contributed by atoms with Crippen molar-refractivity contribution in [2.75, 3.05) is 0 Å². The summed E-state index contributed by atoms with van der Waals surface area (Å²) in [5, 5.41) is 7.84. The lowest BCUT2D eigenvalue weighted by molar-refractivity contribution is 0.827. The van der Waals surface area contributed by atoms with Crippen molar-refractivity contribution in [2.45, 2.75) is 40.4 Å². The summed E-state index contributed by atoms with van der Waals surface area (Å²) in [6, 6.07) is 54.7. The summed E-state index contributed by atoms with van der Waals surface area (Å²) in [5.74, 6) is 0. The van der Waals surface area contributed by atoms with Crippen LogP contribution in [0.25, 0.3) is 98.8 Å². The van der Waals surface area contributed by atoms with E-state index >= 15 is 0 Å². The molecule has 7 aromatic carbocycles. The summed E-state index contributed by atoms with van der Waals surface area (Å²) in [6.07, 6.45) is 0. The number of nitrogens with zero attached hydrogens (tertiary/aromatic N) is 3. The maximum Gasteiger partial charge on any atom is 0.0491 e. The second-order valence-electron chi connectivity index (χ2n) is 13.7. The molecule has 0 aliphatic heterocycles. The summed E-state index contributed by atoms with van der Waals surface area (Å²) < 4.78 is 7.29. The minimum absolute atomic E-state index is 0.937. The van der Waals surface area contributed by atoms with Crippen LogP contribution in [0.1, 0.15) is 20.8 Å². The van der Waals surface area contributed by atoms with Gasteiger partial charge in [0, 0.05) is 85.1 Å². The molecule has 0 bridgehead atoms. The summed E-state index contributed by atoms with van der Waals surface area (Å²) in [6.45, 7) is 9.53. The van der Waals surface area contributed by atoms with Gasteiger partial charge in [0.25, 0.3) is 0 Å². The first-order valence-electron chi connectivity index (χ1n) is 18.3. The molecule has 10 rings (SSSR count). The molecule has 0 unspecified atom stereocenters. The molecule has 0 saturated heterocycles. The number of hydrogen-bond donors (Lipinski definition) is 0. The lowest BCUT2D eigenvalue weighted by atomic mass is 9.89. The van der Waals surface area contributed by atoms with Crippen LogP contribution in [-0.4, -0.2) is 13.7 Å². The van der Waals surface area contributed by atoms with Crippen LogP contribution in [0, 0.1) is 0 Å². The normalized spacial score (nSPS) is 12.1. The summed E-state index contributed by atoms with van der Waals surface area (Å²) in [5.41, 5.74) is 15.2. The van der Waals surface area contributed by atoms with Crippen molar-refractivity contribution in [3.8, 4) is 33.4 Å². The number of benzene rings is 7. The predicted molar refractivity (Wildman–Crippen MR) is 219 cm³/mol. The van der Waals surface area contributed by atoms with Gasteiger partial charge in [-0.1, -0.05) is 84.9 Å². The van der Waals surface area contributed by atoms with Crippen LogP contribution in [0.5, 0.6) is 0 Å². The highest BCUT2D eigenvalue weighted by Gasteiger charge is 2.17. The van der Waals surface area contributed by atoms with E-state index in [1.807, 2.05) is 0 Å². The van der Waals surface area contributed by atoms with Gasteiger partial charge in [-0.3, -0.25) is 0 Å². The highest BCUT2D eigenvalue weighted by Crippen LogP contribution is 2.42. The zero-order chi connectivity index (χ0) is 34.2. The Hall–Kier alpha value is -6.06. The van der Waals surface area contributed by atoms with Crippen LogP contribution in [0.4, 0.5) is 0 Å². The lowest BCUT2D eigenvalue weighted by Crippen LogP contribution is -1.93. The second-order valence-corrected chi connectivity index (χ2v) is 13.7. The Kier molecular flexibility index (Phi) is 6.72. The number of hydrogen-bond acceptors (Lipinski definition) is 0. The van der Waals surface area contributed by atoms with E-state index < -0.39 is 0 Å². The van der Waals surface area contributed by atoms with Gasteiger partial charge in [0.1, 0.15) is 0 Å². The van der Waals surface area contributed by atoms with Crippen LogP contribution in [0.2, 0.25) is 0 Å². The molecule has 0 radical (unpaired) electrons. The molecule has 3 nitrogen and oxygen atoms in total. The van der Waals surface area contributed by atoms with Gasteiger partial charge >= 0.3 is 0 Å². The van der Waals surface area contributed by atoms with Gasteiger partial charge in [0.05, 0.1) is 0 Å². The van der Waals surface area contributed by atoms with E-state index in [4.69, 9.17) is 0 Å². The molecule has 51 heavy (non-hydrogen) atoms. The molecule has 0 aliphatic carbocycles. The zero-order valence-corrected chi connectivity index (χ0v) is 29.3. The molecule has 0 N–H and O–H groups in total. The Morgan fingerprint density at radius 2 is 0.627 bits per heavy atom. The van der Waals surface area contributed by atoms with Crippen molar-refractivity contribution in [1.29, 1.82) is 0 Å². The minimum Gasteiger partial charge on any atom is -0.341 e. The van der Waals surface area contributed by atoms with Gasteiger partial charge in [0.2, 0.25) is 0 Å². The third-order valence-corrected chi connectivity index (χ3v) is 11.2. The fourth-order valence-corrected chi connectivity index (χ4v) is 8.91. The Labute approximate surface area is 297 Å². The van der Waals surface area contributed by atoms with E-state index in [9.17, 15) is 0 Å². The lowest BCUT2D eigenvalue weighted by Gasteiger charge is -2.15. The summed E-state index contributed by atoms with van der Waals surface area (Å²) >= 11 is 0. The van der Waals surface area contributed by atoms with Crippen molar-refractivity contribution in [3.63, 3.8) is 0 Å². The fourth-order valence-electron chi connectivity index (χ4n) is 8.91. The first-order valence-corrected chi connectivity index (χ1v) is 18.3. The van der Waals surface area contributed by atoms with Crippen molar-refractivity contribution in [2.24, 2.45) is 0 Å². The third kappa shape index (κ3) is 4.37. The fraction of sp³-hybridized carbons (Fsp3) is 0.125. The molecule has 0 saturated carbocycles. The molecule has 0 aliphatic rings. The van der Waals surface area contributed by atoms with Gasteiger partial charge in [-0.2, -0.15) is 0 Å². The van der Waals surface area contributed by atoms with Crippen molar-refractivity contribution in [3.05, 3.63) is 146 Å². The van der Waals surface area contributed by atoms with Crippen LogP contribution >= 0.6 is 0 Å². The molecule has 0 fully saturated rings. The van der Waals surface area contributed by atoms with E-state index in [-0.39, 0.29) is 0 Å². The molecule has 3 aromatic heterocycles. The quantitative estimate of drug-likeness (QED) is 0.169. The SMILES string of the molecule is CCn1c2ccccc2c2cc(-c3ccc(-c4ccc5c(c4)c4ccccc4n5CC)c(-c4ccc5c(c4)c4ccccc4n5CC)c3)ccc21. The van der Waals surface area contributed by atoms with Gasteiger partial charge in [-0.05, 0) is 115 Å². The Morgan fingerprint density at radius 1 is 0.294 bits per heavy atom. The molecule has 0 atom stereocenters. The van der Waals surface area contributed by atoms with Gasteiger partial charge in [-0.15, -0.1) is 0 Å². The average molecular weight is 658 g/mol. The third-order valence-electron chi connectivity index (χ3n) is 11.2. The molecule has 10 aromatic rings. The monoisotopic (exact) mass is 657 g/mol. The topological polar surface area (TPSA) is 14.8 Å². The Balaban J connectivity index is 1.22. The maximum atomic E-state index is 2.44. The van der Waals surface area contributed by atoms with E-state index in [0.29, 0.717) is 0 Å². The van der Waals surface area contributed by atoms with Crippen molar-refractivity contribution in [1.82, 2.24) is 13.7 Å². The Morgan fingerprint density at radius 3 is 1.08 bits per heavy atom. The van der Waals surface area contributed by atoms with Crippen LogP contribution in [0.3, 0.4) is 0 Å². The van der Waals surface area contributed by atoms with E-state index in [1.54, 1.807) is 0 Å². The number of para-hydroxylation sites is 3. The van der Waals surface area contributed by atoms with Crippen LogP contribution < -0.4 is 0 Å². The minimum atomic E-state index is 0.937. The van der Waals surface area contributed by atoms with E-state index in [1.165, 1.54) is 98.8 Å². The number of fused-ring (bicyclic) bond motifs is 9. The Bertz CT molecular complexity index is 2980. The molecule has 3 heteroatoms. The van der Waals surface area contributed by atoms with Crippen molar-refractivity contribution >= 4 is 65.4 Å². The van der Waals surface area contributed by atoms with Gasteiger partial charge in [0.15, 0.2) is 0 Å². The molecular weight excluding hydrogens is 619 g/mol. The first kappa shape index (κ1) is 29.8. The van der Waals surface area contributed by atoms with Gasteiger partial charge in [-0.25, -0.2) is 0 Å². The number of rotatable bonds is 6. The summed E-state index contributed by atoms with van der Waals surface area (Å²) in [4.78, 5) is 0. The molecule has 3 heterocycles. The van der Waals surface area contributed by atoms with Crippen LogP contribution in [0.15, 0.2) is 146 Å². The smallest absolute Gasteiger partial charge is 0.0491 e. The molecule has 0 amide bonds. The average Bonchev–Trinajstić information content (AvgIpc) is 3.81. The van der Waals surface area contributed by atoms with E-state index in [0.717, 1.165) is 19.6 Å². The second kappa shape index (κ2) is 11.5. The molecular formula is C48H39N3.